The van der Waals surface area contributed by atoms with Crippen molar-refractivity contribution in [2.24, 2.45) is 0 Å². The number of nitrogens with zero attached hydrogens (tertiary/aromatic N) is 7. The van der Waals surface area contributed by atoms with Gasteiger partial charge in [-0.25, -0.2) is 29.9 Å². The predicted molar refractivity (Wildman–Crippen MR) is 575 cm³/mol. The molecule has 0 aliphatic heterocycles. The zero-order valence-corrected chi connectivity index (χ0v) is 79.4. The quantitative estimate of drug-likeness (QED) is 0.162. The van der Waals surface area contributed by atoms with Crippen molar-refractivity contribution in [1.82, 2.24) is 34.5 Å². The average molecular weight is 1800 g/mol. The topological polar surface area (TPSA) is 109 Å². The fourth-order valence-corrected chi connectivity index (χ4v) is 26.2. The highest BCUT2D eigenvalue weighted by Gasteiger charge is 2.45. The Hall–Kier alpha value is -16.4. The highest BCUT2D eigenvalue weighted by Crippen LogP contribution is 2.60. The molecule has 5 aliphatic carbocycles. The molecule has 139 heavy (non-hydrogen) atoms. The van der Waals surface area contributed by atoms with Crippen molar-refractivity contribution in [2.75, 3.05) is 0 Å². The smallest absolute Gasteiger partial charge is 0.235 e. The second kappa shape index (κ2) is 29.3. The Bertz CT molecular complexity index is 9320. The molecule has 660 valence electrons. The maximum atomic E-state index is 6.60. The Kier molecular flexibility index (Phi) is 17.1. The van der Waals surface area contributed by atoms with Gasteiger partial charge in [0.25, 0.3) is 0 Å². The van der Waals surface area contributed by atoms with Crippen LogP contribution in [0.5, 0.6) is 0 Å². The lowest BCUT2D eigenvalue weighted by molar-refractivity contribution is 0.653. The average Bonchev–Trinajstić information content (AvgIpc) is 1.58. The van der Waals surface area contributed by atoms with Crippen molar-refractivity contribution in [3.8, 4) is 118 Å². The summed E-state index contributed by atoms with van der Waals surface area (Å²) in [6.45, 7) is 23.3. The number of benzene rings is 18. The standard InChI is InChI=1S/C44H32N2O.C44H32N2S.C41H27N3O/c2*1-43(2)34-22-18-26(24-32(34)37-35(43)23-21-30-28-15-9-11-17-36(28)47-41(30)37)42-45-39(25-12-6-5-7-13-25)31-20-19-29-27-14-8-10-16-33(27)44(3,4)38(29)40(31)46-42;1-41(2)31-17-9-6-14-25(31)27-20-21-30-37(24-12-4-3-5-13-24)42-40(43-38(30)36(27)41)44-32-18-10-7-15-26(32)28-22-23-34-35(39(28)44)29-16-8-11-19-33(29)45-34/h2*5-24H,1-4H3;3-23H,1-2H3. The molecule has 10 heteroatoms. The van der Waals surface area contributed by atoms with Gasteiger partial charge < -0.3 is 8.83 Å². The first-order valence-electron chi connectivity index (χ1n) is 48.3. The zero-order chi connectivity index (χ0) is 93.2. The van der Waals surface area contributed by atoms with E-state index in [9.17, 15) is 0 Å². The molecule has 7 heterocycles. The van der Waals surface area contributed by atoms with Crippen molar-refractivity contribution >= 4 is 130 Å². The molecule has 18 aromatic carbocycles. The van der Waals surface area contributed by atoms with E-state index in [1.807, 2.05) is 29.5 Å². The Labute approximate surface area is 807 Å². The van der Waals surface area contributed by atoms with E-state index in [2.05, 4.69) is 426 Å². The van der Waals surface area contributed by atoms with E-state index in [0.29, 0.717) is 5.95 Å². The molecule has 0 N–H and O–H groups in total. The van der Waals surface area contributed by atoms with Gasteiger partial charge in [-0.2, -0.15) is 0 Å². The van der Waals surface area contributed by atoms with E-state index in [0.717, 1.165) is 155 Å². The summed E-state index contributed by atoms with van der Waals surface area (Å²) in [5.41, 5.74) is 42.0. The first-order chi connectivity index (χ1) is 67.7. The molecule has 0 spiro atoms. The Morgan fingerprint density at radius 2 is 0.640 bits per heavy atom. The van der Waals surface area contributed by atoms with Crippen LogP contribution >= 0.6 is 11.3 Å². The number of aromatic nitrogens is 7. The summed E-state index contributed by atoms with van der Waals surface area (Å²) in [4.78, 5) is 32.6. The summed E-state index contributed by atoms with van der Waals surface area (Å²) in [5.74, 6) is 2.17. The third-order valence-electron chi connectivity index (χ3n) is 31.5. The Balaban J connectivity index is 0.000000103. The molecule has 9 nitrogen and oxygen atoms in total. The van der Waals surface area contributed by atoms with E-state index in [1.165, 1.54) is 131 Å². The fourth-order valence-electron chi connectivity index (χ4n) is 24.9. The molecule has 0 radical (unpaired) electrons. The summed E-state index contributed by atoms with van der Waals surface area (Å²) >= 11 is 1.91. The third-order valence-corrected chi connectivity index (χ3v) is 32.7. The molecule has 0 fully saturated rings. The summed E-state index contributed by atoms with van der Waals surface area (Å²) in [5, 5.41) is 12.7. The van der Waals surface area contributed by atoms with Crippen LogP contribution in [0.3, 0.4) is 0 Å². The van der Waals surface area contributed by atoms with Gasteiger partial charge in [-0.3, -0.25) is 4.57 Å². The maximum absolute atomic E-state index is 6.60. The number of thiophene rings is 1. The molecular weight excluding hydrogens is 1710 g/mol. The van der Waals surface area contributed by atoms with Crippen molar-refractivity contribution in [3.63, 3.8) is 0 Å². The Morgan fingerprint density at radius 1 is 0.245 bits per heavy atom. The normalized spacial score (nSPS) is 14.7. The minimum atomic E-state index is -0.222. The minimum absolute atomic E-state index is 0.0936. The van der Waals surface area contributed by atoms with Gasteiger partial charge in [-0.05, 0) is 167 Å². The van der Waals surface area contributed by atoms with Crippen LogP contribution in [-0.2, 0) is 27.1 Å². The van der Waals surface area contributed by atoms with Crippen LogP contribution in [0.25, 0.3) is 237 Å². The van der Waals surface area contributed by atoms with Gasteiger partial charge in [0, 0.05) is 129 Å². The first kappa shape index (κ1) is 81.0. The lowest BCUT2D eigenvalue weighted by Gasteiger charge is -2.23. The zero-order valence-electron chi connectivity index (χ0n) is 78.6. The third kappa shape index (κ3) is 11.5. The van der Waals surface area contributed by atoms with Crippen molar-refractivity contribution < 1.29 is 8.83 Å². The minimum Gasteiger partial charge on any atom is -0.456 e. The van der Waals surface area contributed by atoms with E-state index < -0.39 is 0 Å². The first-order valence-corrected chi connectivity index (χ1v) is 49.1. The van der Waals surface area contributed by atoms with E-state index in [1.54, 1.807) is 0 Å². The summed E-state index contributed by atoms with van der Waals surface area (Å²) in [6.07, 6.45) is 0. The largest absolute Gasteiger partial charge is 0.456 e. The number of rotatable bonds is 6. The van der Waals surface area contributed by atoms with Gasteiger partial charge in [-0.15, -0.1) is 11.3 Å². The van der Waals surface area contributed by atoms with Gasteiger partial charge in [-0.1, -0.05) is 373 Å². The molecule has 0 saturated carbocycles. The number of para-hydroxylation sites is 3. The molecule has 30 rings (SSSR count). The number of hydrogen-bond donors (Lipinski definition) is 0. The van der Waals surface area contributed by atoms with Crippen molar-refractivity contribution in [1.29, 1.82) is 0 Å². The molecule has 0 saturated heterocycles. The molecular formula is C129H91N7O2S. The van der Waals surface area contributed by atoms with Gasteiger partial charge in [0.05, 0.1) is 50.1 Å². The van der Waals surface area contributed by atoms with Gasteiger partial charge >= 0.3 is 0 Å². The van der Waals surface area contributed by atoms with Crippen LogP contribution in [0.2, 0.25) is 0 Å². The molecule has 7 aromatic heterocycles. The summed E-state index contributed by atoms with van der Waals surface area (Å²) < 4.78 is 17.9. The summed E-state index contributed by atoms with van der Waals surface area (Å²) in [6, 6.07) is 133. The van der Waals surface area contributed by atoms with Crippen molar-refractivity contribution in [3.05, 3.63) is 426 Å². The van der Waals surface area contributed by atoms with Gasteiger partial charge in [0.15, 0.2) is 11.6 Å². The predicted octanol–water partition coefficient (Wildman–Crippen LogP) is 34.0. The molecule has 0 amide bonds. The number of fused-ring (bicyclic) bond motifs is 36. The highest BCUT2D eigenvalue weighted by molar-refractivity contribution is 7.26. The molecule has 0 bridgehead atoms. The van der Waals surface area contributed by atoms with Gasteiger partial charge in [0.1, 0.15) is 22.3 Å². The molecule has 25 aromatic rings. The van der Waals surface area contributed by atoms with Crippen LogP contribution < -0.4 is 0 Å². The second-order valence-electron chi connectivity index (χ2n) is 40.9. The number of furan rings is 2. The van der Waals surface area contributed by atoms with Crippen LogP contribution in [0.15, 0.2) is 379 Å². The van der Waals surface area contributed by atoms with Crippen LogP contribution in [0.4, 0.5) is 0 Å². The molecule has 5 aliphatic rings. The maximum Gasteiger partial charge on any atom is 0.235 e. The highest BCUT2D eigenvalue weighted by atomic mass is 32.1. The fraction of sp³-hybridized carbons (Fsp3) is 0.116. The second-order valence-corrected chi connectivity index (χ2v) is 42.0. The monoisotopic (exact) mass is 1800 g/mol. The molecule has 0 atom stereocenters. The van der Waals surface area contributed by atoms with Crippen LogP contribution in [0, 0.1) is 0 Å². The molecule has 0 unspecified atom stereocenters. The SMILES string of the molecule is CC1(C)c2ccc(-c3nc(-c4ccccc4)c4ccc5c(c4n3)C(C)(C)c3ccccc3-5)cc2-c2c1ccc1c2oc2ccccc21.CC1(C)c2ccc(-c3nc(-c4ccccc4)c4ccc5c(c4n3)C(C)(C)c3ccccc3-5)cc2-c2c1ccc1c2sc2ccccc21.CC1(C)c2ccccc2-c2ccc3c(-c4ccccc4)nc(-n4c5ccccc5c5ccc6oc7ccccc7c6c54)nc3c21. The lowest BCUT2D eigenvalue weighted by Crippen LogP contribution is -2.16. The van der Waals surface area contributed by atoms with Crippen molar-refractivity contribution in [2.45, 2.75) is 96.3 Å². The Morgan fingerprint density at radius 3 is 1.17 bits per heavy atom. The summed E-state index contributed by atoms with van der Waals surface area (Å²) in [7, 11) is 0. The van der Waals surface area contributed by atoms with E-state index >= 15 is 0 Å². The van der Waals surface area contributed by atoms with Gasteiger partial charge in [0.2, 0.25) is 5.95 Å². The van der Waals surface area contributed by atoms with E-state index in [-0.39, 0.29) is 27.1 Å². The van der Waals surface area contributed by atoms with Crippen LogP contribution in [0.1, 0.15) is 125 Å². The van der Waals surface area contributed by atoms with E-state index in [4.69, 9.17) is 38.7 Å². The number of hydrogen-bond acceptors (Lipinski definition) is 9. The lowest BCUT2D eigenvalue weighted by atomic mass is 9.81. The van der Waals surface area contributed by atoms with Crippen LogP contribution in [-0.4, -0.2) is 34.5 Å².